The summed E-state index contributed by atoms with van der Waals surface area (Å²) in [4.78, 5) is 18.8. The third kappa shape index (κ3) is 5.06. The van der Waals surface area contributed by atoms with E-state index in [1.807, 2.05) is 0 Å². The molecule has 1 amide bonds. The predicted molar refractivity (Wildman–Crippen MR) is 106 cm³/mol. The second kappa shape index (κ2) is 8.82. The van der Waals surface area contributed by atoms with E-state index in [-0.39, 0.29) is 31.0 Å². The minimum atomic E-state index is -2.84. The molecule has 0 spiro atoms. The van der Waals surface area contributed by atoms with E-state index < -0.39 is 18.4 Å². The van der Waals surface area contributed by atoms with Gasteiger partial charge in [0.05, 0.1) is 30.8 Å². The van der Waals surface area contributed by atoms with Crippen molar-refractivity contribution in [3.63, 3.8) is 0 Å². The van der Waals surface area contributed by atoms with E-state index in [4.69, 9.17) is 21.1 Å². The summed E-state index contributed by atoms with van der Waals surface area (Å²) >= 11 is 5.82. The van der Waals surface area contributed by atoms with Gasteiger partial charge in [-0.3, -0.25) is 4.79 Å². The zero-order valence-corrected chi connectivity index (χ0v) is 16.9. The van der Waals surface area contributed by atoms with Crippen LogP contribution in [0.15, 0.2) is 36.5 Å². The number of carbonyl (C=O) groups excluding carboxylic acids is 1. The number of aromatic nitrogens is 1. The van der Waals surface area contributed by atoms with Crippen molar-refractivity contribution in [1.29, 1.82) is 0 Å². The first kappa shape index (κ1) is 21.1. The predicted octanol–water partition coefficient (Wildman–Crippen LogP) is 4.10. The van der Waals surface area contributed by atoms with Crippen molar-refractivity contribution in [2.24, 2.45) is 0 Å². The number of halogens is 3. The number of pyridine rings is 1. The van der Waals surface area contributed by atoms with Gasteiger partial charge in [-0.15, -0.1) is 0 Å². The highest BCUT2D eigenvalue weighted by atomic mass is 35.5. The molecule has 2 heterocycles. The zero-order chi connectivity index (χ0) is 21.0. The number of nitrogens with one attached hydrogen (secondary N) is 1. The molecule has 0 radical (unpaired) electrons. The van der Waals surface area contributed by atoms with Crippen molar-refractivity contribution in [2.75, 3.05) is 32.6 Å². The summed E-state index contributed by atoms with van der Waals surface area (Å²) in [5.41, 5.74) is 0.270. The number of anilines is 1. The average molecular weight is 426 g/mol. The Balaban J connectivity index is 1.83. The quantitative estimate of drug-likeness (QED) is 0.754. The van der Waals surface area contributed by atoms with Crippen LogP contribution in [0.25, 0.3) is 0 Å². The summed E-state index contributed by atoms with van der Waals surface area (Å²) in [6.45, 7) is 0.0643. The van der Waals surface area contributed by atoms with Gasteiger partial charge in [-0.25, -0.2) is 13.8 Å². The number of nitrogens with zero attached hydrogens (tertiary/aromatic N) is 2. The van der Waals surface area contributed by atoms with Crippen molar-refractivity contribution in [2.45, 2.75) is 24.8 Å². The molecule has 156 valence electrons. The molecule has 0 bridgehead atoms. The van der Waals surface area contributed by atoms with Gasteiger partial charge in [-0.1, -0.05) is 11.6 Å². The van der Waals surface area contributed by atoms with E-state index in [1.165, 1.54) is 25.3 Å². The number of hydrogen-bond donors (Lipinski definition) is 1. The van der Waals surface area contributed by atoms with Gasteiger partial charge in [0.1, 0.15) is 17.3 Å². The molecule has 1 N–H and O–H groups in total. The van der Waals surface area contributed by atoms with E-state index in [2.05, 4.69) is 10.3 Å². The Morgan fingerprint density at radius 3 is 2.76 bits per heavy atom. The number of likely N-dealkylation sites (tertiary alicyclic amines) is 1. The fraction of sp³-hybridized carbons (Fsp3) is 0.400. The first-order chi connectivity index (χ1) is 13.8. The topological polar surface area (TPSA) is 63.7 Å². The SMILES string of the molecule is COc1ccc(OC)c(C(=O)N2CCC(F)(F)C[C@H]2CNc2ccc(Cl)cn2)c1. The van der Waals surface area contributed by atoms with Crippen LogP contribution in [0.3, 0.4) is 0 Å². The number of piperidine rings is 1. The molecule has 1 saturated heterocycles. The maximum atomic E-state index is 14.1. The molecule has 1 aromatic carbocycles. The molecule has 1 atom stereocenters. The maximum Gasteiger partial charge on any atom is 0.258 e. The summed E-state index contributed by atoms with van der Waals surface area (Å²) < 4.78 is 38.7. The molecule has 9 heteroatoms. The molecule has 3 rings (SSSR count). The summed E-state index contributed by atoms with van der Waals surface area (Å²) in [6.07, 6.45) is 0.635. The molecular weight excluding hydrogens is 404 g/mol. The molecule has 29 heavy (non-hydrogen) atoms. The highest BCUT2D eigenvalue weighted by molar-refractivity contribution is 6.30. The van der Waals surface area contributed by atoms with E-state index in [1.54, 1.807) is 30.3 Å². The molecule has 0 unspecified atom stereocenters. The zero-order valence-electron chi connectivity index (χ0n) is 16.1. The highest BCUT2D eigenvalue weighted by Crippen LogP contribution is 2.34. The number of carbonyl (C=O) groups is 1. The lowest BCUT2D eigenvalue weighted by Gasteiger charge is -2.39. The number of benzene rings is 1. The summed E-state index contributed by atoms with van der Waals surface area (Å²) in [5, 5.41) is 3.49. The molecule has 1 fully saturated rings. The van der Waals surface area contributed by atoms with Crippen LogP contribution in [0.2, 0.25) is 5.02 Å². The summed E-state index contributed by atoms with van der Waals surface area (Å²) in [7, 11) is 2.94. The van der Waals surface area contributed by atoms with E-state index in [0.717, 1.165) is 0 Å². The van der Waals surface area contributed by atoms with Gasteiger partial charge >= 0.3 is 0 Å². The van der Waals surface area contributed by atoms with Gasteiger partial charge in [0.25, 0.3) is 11.8 Å². The standard InChI is InChI=1S/C20H22ClF2N3O3/c1-28-15-4-5-17(29-2)16(9-15)19(27)26-8-7-20(22,23)10-14(26)12-25-18-6-3-13(21)11-24-18/h3-6,9,11,14H,7-8,10,12H2,1-2H3,(H,24,25)/t14-/m0/s1. The van der Waals surface area contributed by atoms with Gasteiger partial charge < -0.3 is 19.7 Å². The van der Waals surface area contributed by atoms with Gasteiger partial charge in [-0.2, -0.15) is 0 Å². The maximum absolute atomic E-state index is 14.1. The molecule has 1 aliphatic rings. The minimum absolute atomic E-state index is 0.0629. The number of ether oxygens (including phenoxy) is 2. The van der Waals surface area contributed by atoms with Crippen molar-refractivity contribution in [3.8, 4) is 11.5 Å². The van der Waals surface area contributed by atoms with Crippen LogP contribution in [0.4, 0.5) is 14.6 Å². The number of methoxy groups -OCH3 is 2. The molecule has 1 aliphatic heterocycles. The molecule has 2 aromatic rings. The van der Waals surface area contributed by atoms with Crippen LogP contribution in [0.5, 0.6) is 11.5 Å². The minimum Gasteiger partial charge on any atom is -0.497 e. The fourth-order valence-corrected chi connectivity index (χ4v) is 3.42. The lowest BCUT2D eigenvalue weighted by molar-refractivity contribution is -0.0674. The van der Waals surface area contributed by atoms with Crippen molar-refractivity contribution in [3.05, 3.63) is 47.1 Å². The molecular formula is C20H22ClF2N3O3. The molecule has 0 saturated carbocycles. The number of amides is 1. The van der Waals surface area contributed by atoms with Crippen molar-refractivity contribution in [1.82, 2.24) is 9.88 Å². The Labute approximate surface area is 172 Å². The third-order valence-electron chi connectivity index (χ3n) is 4.84. The number of alkyl halides is 2. The average Bonchev–Trinajstić information content (AvgIpc) is 2.72. The largest absolute Gasteiger partial charge is 0.497 e. The van der Waals surface area contributed by atoms with Crippen LogP contribution in [-0.2, 0) is 0 Å². The lowest BCUT2D eigenvalue weighted by atomic mass is 9.97. The monoisotopic (exact) mass is 425 g/mol. The van der Waals surface area contributed by atoms with E-state index in [0.29, 0.717) is 22.3 Å². The lowest BCUT2D eigenvalue weighted by Crippen LogP contribution is -2.52. The Kier molecular flexibility index (Phi) is 6.42. The summed E-state index contributed by atoms with van der Waals surface area (Å²) in [5.74, 6) is -1.88. The van der Waals surface area contributed by atoms with Gasteiger partial charge in [-0.05, 0) is 30.3 Å². The Morgan fingerprint density at radius 2 is 2.10 bits per heavy atom. The fourth-order valence-electron chi connectivity index (χ4n) is 3.31. The number of rotatable bonds is 6. The Bertz CT molecular complexity index is 865. The summed E-state index contributed by atoms with van der Waals surface area (Å²) in [6, 6.07) is 7.43. The van der Waals surface area contributed by atoms with Crippen LogP contribution in [0.1, 0.15) is 23.2 Å². The van der Waals surface area contributed by atoms with Crippen molar-refractivity contribution >= 4 is 23.3 Å². The second-order valence-electron chi connectivity index (χ2n) is 6.77. The van der Waals surface area contributed by atoms with Crippen LogP contribution < -0.4 is 14.8 Å². The molecule has 1 aromatic heterocycles. The number of hydrogen-bond acceptors (Lipinski definition) is 5. The Morgan fingerprint density at radius 1 is 1.31 bits per heavy atom. The Hall–Kier alpha value is -2.61. The first-order valence-corrected chi connectivity index (χ1v) is 9.47. The van der Waals surface area contributed by atoms with Crippen molar-refractivity contribution < 1.29 is 23.0 Å². The van der Waals surface area contributed by atoms with Gasteiger partial charge in [0.2, 0.25) is 0 Å². The van der Waals surface area contributed by atoms with Crippen LogP contribution in [-0.4, -0.2) is 55.1 Å². The second-order valence-corrected chi connectivity index (χ2v) is 7.21. The van der Waals surface area contributed by atoms with Gasteiger partial charge in [0, 0.05) is 32.1 Å². The van der Waals surface area contributed by atoms with Crippen LogP contribution in [0, 0.1) is 0 Å². The third-order valence-corrected chi connectivity index (χ3v) is 5.06. The molecule has 0 aliphatic carbocycles. The normalized spacial score (nSPS) is 18.2. The van der Waals surface area contributed by atoms with E-state index >= 15 is 0 Å². The van der Waals surface area contributed by atoms with Crippen LogP contribution >= 0.6 is 11.6 Å². The first-order valence-electron chi connectivity index (χ1n) is 9.09. The smallest absolute Gasteiger partial charge is 0.258 e. The van der Waals surface area contributed by atoms with Gasteiger partial charge in [0.15, 0.2) is 0 Å². The van der Waals surface area contributed by atoms with E-state index in [9.17, 15) is 13.6 Å². The molecule has 6 nitrogen and oxygen atoms in total. The highest BCUT2D eigenvalue weighted by Gasteiger charge is 2.42.